The lowest BCUT2D eigenvalue weighted by molar-refractivity contribution is 0.578. The van der Waals surface area contributed by atoms with Crippen molar-refractivity contribution in [3.05, 3.63) is 29.8 Å². The highest BCUT2D eigenvalue weighted by Gasteiger charge is 2.13. The van der Waals surface area contributed by atoms with Crippen molar-refractivity contribution in [3.8, 4) is 0 Å². The van der Waals surface area contributed by atoms with E-state index in [0.29, 0.717) is 12.1 Å². The first-order valence-electron chi connectivity index (χ1n) is 5.37. The molecule has 17 heavy (non-hydrogen) atoms. The molecule has 0 aliphatic rings. The maximum Gasteiger partial charge on any atom is 0.240 e. The standard InChI is InChI=1S/C11H16N2O2S2/c1-2-3-7-13-17(14,15)10-6-4-5-9(8-10)11(12)16/h4-6,8,13H,2-3,7H2,1H3,(H2,12,16). The summed E-state index contributed by atoms with van der Waals surface area (Å²) in [5.41, 5.74) is 6.02. The van der Waals surface area contributed by atoms with Gasteiger partial charge in [-0.2, -0.15) is 0 Å². The minimum Gasteiger partial charge on any atom is -0.389 e. The molecule has 1 aromatic rings. The Kier molecular flexibility index (Phi) is 5.04. The summed E-state index contributed by atoms with van der Waals surface area (Å²) in [6.45, 7) is 2.44. The highest BCUT2D eigenvalue weighted by atomic mass is 32.2. The smallest absolute Gasteiger partial charge is 0.240 e. The minimum absolute atomic E-state index is 0.190. The Labute approximate surface area is 107 Å². The van der Waals surface area contributed by atoms with Crippen LogP contribution < -0.4 is 10.5 Å². The Morgan fingerprint density at radius 3 is 2.76 bits per heavy atom. The molecule has 0 amide bonds. The molecule has 0 radical (unpaired) electrons. The van der Waals surface area contributed by atoms with E-state index in [1.807, 2.05) is 6.92 Å². The van der Waals surface area contributed by atoms with Crippen LogP contribution in [0.25, 0.3) is 0 Å². The van der Waals surface area contributed by atoms with Gasteiger partial charge >= 0.3 is 0 Å². The zero-order valence-electron chi connectivity index (χ0n) is 9.64. The van der Waals surface area contributed by atoms with Crippen LogP contribution in [0.5, 0.6) is 0 Å². The largest absolute Gasteiger partial charge is 0.389 e. The summed E-state index contributed by atoms with van der Waals surface area (Å²) in [5.74, 6) is 0. The maximum atomic E-state index is 11.9. The predicted octanol–water partition coefficient (Wildman–Crippen LogP) is 1.40. The van der Waals surface area contributed by atoms with Crippen molar-refractivity contribution in [1.29, 1.82) is 0 Å². The van der Waals surface area contributed by atoms with Gasteiger partial charge in [0, 0.05) is 12.1 Å². The Balaban J connectivity index is 2.91. The lowest BCUT2D eigenvalue weighted by Gasteiger charge is -2.07. The lowest BCUT2D eigenvalue weighted by Crippen LogP contribution is -2.25. The third kappa shape index (κ3) is 4.07. The zero-order valence-corrected chi connectivity index (χ0v) is 11.3. The van der Waals surface area contributed by atoms with Crippen LogP contribution in [0.1, 0.15) is 25.3 Å². The van der Waals surface area contributed by atoms with Gasteiger partial charge in [0.15, 0.2) is 0 Å². The second kappa shape index (κ2) is 6.09. The van der Waals surface area contributed by atoms with E-state index >= 15 is 0 Å². The van der Waals surface area contributed by atoms with E-state index in [-0.39, 0.29) is 9.88 Å². The topological polar surface area (TPSA) is 72.2 Å². The number of unbranched alkanes of at least 4 members (excludes halogenated alkanes) is 1. The van der Waals surface area contributed by atoms with E-state index in [9.17, 15) is 8.42 Å². The van der Waals surface area contributed by atoms with Gasteiger partial charge in [-0.25, -0.2) is 13.1 Å². The molecule has 0 atom stereocenters. The first-order valence-corrected chi connectivity index (χ1v) is 7.26. The molecule has 0 aromatic heterocycles. The van der Waals surface area contributed by atoms with E-state index in [2.05, 4.69) is 4.72 Å². The quantitative estimate of drug-likeness (QED) is 0.606. The van der Waals surface area contributed by atoms with Crippen molar-refractivity contribution in [2.75, 3.05) is 6.54 Å². The van der Waals surface area contributed by atoms with E-state index in [1.54, 1.807) is 12.1 Å². The number of rotatable bonds is 6. The van der Waals surface area contributed by atoms with Crippen LogP contribution in [0.15, 0.2) is 29.2 Å². The third-order valence-electron chi connectivity index (χ3n) is 2.25. The molecule has 0 fully saturated rings. The average molecular weight is 272 g/mol. The number of sulfonamides is 1. The van der Waals surface area contributed by atoms with Crippen molar-refractivity contribution in [3.63, 3.8) is 0 Å². The number of nitrogens with one attached hydrogen (secondary N) is 1. The molecule has 0 bridgehead atoms. The summed E-state index contributed by atoms with van der Waals surface area (Å²) in [4.78, 5) is 0.384. The SMILES string of the molecule is CCCCNS(=O)(=O)c1cccc(C(N)=S)c1. The highest BCUT2D eigenvalue weighted by Crippen LogP contribution is 2.11. The molecule has 1 aromatic carbocycles. The molecule has 0 unspecified atom stereocenters. The summed E-state index contributed by atoms with van der Waals surface area (Å²) in [5, 5.41) is 0. The summed E-state index contributed by atoms with van der Waals surface area (Å²) < 4.78 is 26.3. The molecule has 0 saturated heterocycles. The summed E-state index contributed by atoms with van der Waals surface area (Å²) in [6, 6.07) is 6.32. The first-order chi connectivity index (χ1) is 7.97. The van der Waals surface area contributed by atoms with Gasteiger partial charge in [-0.3, -0.25) is 0 Å². The Morgan fingerprint density at radius 1 is 1.47 bits per heavy atom. The number of hydrogen-bond donors (Lipinski definition) is 2. The van der Waals surface area contributed by atoms with Crippen LogP contribution in [0, 0.1) is 0 Å². The fraction of sp³-hybridized carbons (Fsp3) is 0.364. The lowest BCUT2D eigenvalue weighted by atomic mass is 10.2. The summed E-state index contributed by atoms with van der Waals surface area (Å²) >= 11 is 4.81. The fourth-order valence-electron chi connectivity index (χ4n) is 1.28. The van der Waals surface area contributed by atoms with Crippen LogP contribution in [-0.2, 0) is 10.0 Å². The van der Waals surface area contributed by atoms with Crippen LogP contribution in [0.3, 0.4) is 0 Å². The van der Waals surface area contributed by atoms with E-state index in [0.717, 1.165) is 12.8 Å². The van der Waals surface area contributed by atoms with E-state index in [1.165, 1.54) is 12.1 Å². The Bertz CT molecular complexity index is 498. The van der Waals surface area contributed by atoms with Crippen molar-refractivity contribution < 1.29 is 8.42 Å². The molecular weight excluding hydrogens is 256 g/mol. The Morgan fingerprint density at radius 2 is 2.18 bits per heavy atom. The molecule has 4 nitrogen and oxygen atoms in total. The van der Waals surface area contributed by atoms with Gasteiger partial charge in [-0.1, -0.05) is 37.7 Å². The first kappa shape index (κ1) is 14.1. The van der Waals surface area contributed by atoms with Gasteiger partial charge < -0.3 is 5.73 Å². The van der Waals surface area contributed by atoms with Crippen molar-refractivity contribution in [2.24, 2.45) is 5.73 Å². The predicted molar refractivity (Wildman–Crippen MR) is 72.4 cm³/mol. The molecule has 1 rings (SSSR count). The van der Waals surface area contributed by atoms with Gasteiger partial charge in [0.25, 0.3) is 0 Å². The number of benzene rings is 1. The van der Waals surface area contributed by atoms with Gasteiger partial charge in [0.1, 0.15) is 4.99 Å². The van der Waals surface area contributed by atoms with Crippen LogP contribution in [0.4, 0.5) is 0 Å². The average Bonchev–Trinajstić information content (AvgIpc) is 2.29. The summed E-state index contributed by atoms with van der Waals surface area (Å²) in [7, 11) is -3.45. The van der Waals surface area contributed by atoms with Crippen LogP contribution in [0.2, 0.25) is 0 Å². The third-order valence-corrected chi connectivity index (χ3v) is 3.95. The zero-order chi connectivity index (χ0) is 12.9. The second-order valence-electron chi connectivity index (χ2n) is 3.64. The molecule has 0 aliphatic heterocycles. The van der Waals surface area contributed by atoms with Crippen LogP contribution >= 0.6 is 12.2 Å². The van der Waals surface area contributed by atoms with E-state index < -0.39 is 10.0 Å². The normalized spacial score (nSPS) is 11.4. The number of thiocarbonyl (C=S) groups is 1. The van der Waals surface area contributed by atoms with Crippen molar-refractivity contribution in [1.82, 2.24) is 4.72 Å². The van der Waals surface area contributed by atoms with Gasteiger partial charge in [-0.15, -0.1) is 0 Å². The monoisotopic (exact) mass is 272 g/mol. The van der Waals surface area contributed by atoms with Gasteiger partial charge in [0.2, 0.25) is 10.0 Å². The van der Waals surface area contributed by atoms with Crippen LogP contribution in [-0.4, -0.2) is 20.0 Å². The number of nitrogens with two attached hydrogens (primary N) is 1. The minimum atomic E-state index is -3.45. The molecule has 0 heterocycles. The Hall–Kier alpha value is -0.980. The molecular formula is C11H16N2O2S2. The van der Waals surface area contributed by atoms with Crippen molar-refractivity contribution in [2.45, 2.75) is 24.7 Å². The molecule has 0 spiro atoms. The highest BCUT2D eigenvalue weighted by molar-refractivity contribution is 7.89. The molecule has 94 valence electrons. The molecule has 0 saturated carbocycles. The number of hydrogen-bond acceptors (Lipinski definition) is 3. The molecule has 6 heteroatoms. The van der Waals surface area contributed by atoms with Gasteiger partial charge in [0.05, 0.1) is 4.90 Å². The fourth-order valence-corrected chi connectivity index (χ4v) is 2.53. The van der Waals surface area contributed by atoms with Gasteiger partial charge in [-0.05, 0) is 18.6 Å². The maximum absolute atomic E-state index is 11.9. The molecule has 3 N–H and O–H groups in total. The summed E-state index contributed by atoms with van der Waals surface area (Å²) in [6.07, 6.45) is 1.75. The molecule has 0 aliphatic carbocycles. The van der Waals surface area contributed by atoms with E-state index in [4.69, 9.17) is 18.0 Å². The van der Waals surface area contributed by atoms with Crippen molar-refractivity contribution >= 4 is 27.2 Å². The second-order valence-corrected chi connectivity index (χ2v) is 5.85.